The predicted molar refractivity (Wildman–Crippen MR) is 115 cm³/mol. The maximum Gasteiger partial charge on any atom is 0.420 e. The van der Waals surface area contributed by atoms with Crippen LogP contribution in [0, 0.1) is 34.6 Å². The molecule has 0 amide bonds. The van der Waals surface area contributed by atoms with Gasteiger partial charge in [-0.1, -0.05) is 35.4 Å². The van der Waals surface area contributed by atoms with E-state index in [0.717, 1.165) is 33.7 Å². The van der Waals surface area contributed by atoms with Gasteiger partial charge in [-0.25, -0.2) is 8.42 Å². The van der Waals surface area contributed by atoms with Crippen molar-refractivity contribution in [3.05, 3.63) is 58.1 Å². The first-order valence-corrected chi connectivity index (χ1v) is 11.3. The maximum atomic E-state index is 13.9. The summed E-state index contributed by atoms with van der Waals surface area (Å²) in [5.74, 6) is 0.266. The molecule has 160 valence electrons. The molecular weight excluding hydrogens is 518 g/mol. The van der Waals surface area contributed by atoms with E-state index in [1.54, 1.807) is 58.0 Å². The number of hydrogen-bond donors (Lipinski definition) is 1. The van der Waals surface area contributed by atoms with Crippen LogP contribution in [0.2, 0.25) is 0 Å². The molecule has 0 radical (unpaired) electrons. The highest BCUT2D eigenvalue weighted by Gasteiger charge is 2.56. The molecule has 0 saturated carbocycles. The van der Waals surface area contributed by atoms with Crippen molar-refractivity contribution in [2.45, 2.75) is 49.2 Å². The highest BCUT2D eigenvalue weighted by atomic mass is 127. The summed E-state index contributed by atoms with van der Waals surface area (Å²) in [5.41, 5.74) is 3.20. The van der Waals surface area contributed by atoms with Crippen molar-refractivity contribution in [1.29, 1.82) is 0 Å². The van der Waals surface area contributed by atoms with E-state index < -0.39 is 26.4 Å². The monoisotopic (exact) mass is 541 g/mol. The van der Waals surface area contributed by atoms with Crippen molar-refractivity contribution in [2.24, 2.45) is 0 Å². The standard InChI is InChI=1S/C20H23F3INO3S/c1-12-6-7-17(14(3)8-12)28-11-19(24,20(21,22)23)25-29(26,27)18-15(4)9-13(2)10-16(18)5/h6-10,25H,11H2,1-5H3. The summed E-state index contributed by atoms with van der Waals surface area (Å²) < 4.78 is 71.8. The summed E-state index contributed by atoms with van der Waals surface area (Å²) in [5, 5.41) is 0. The highest BCUT2D eigenvalue weighted by Crippen LogP contribution is 2.39. The topological polar surface area (TPSA) is 55.4 Å². The lowest BCUT2D eigenvalue weighted by molar-refractivity contribution is -0.163. The van der Waals surface area contributed by atoms with Crippen molar-refractivity contribution >= 4 is 32.6 Å². The van der Waals surface area contributed by atoms with Gasteiger partial charge in [0.25, 0.3) is 0 Å². The Morgan fingerprint density at radius 3 is 1.93 bits per heavy atom. The van der Waals surface area contributed by atoms with Gasteiger partial charge in [-0.2, -0.15) is 17.9 Å². The molecule has 0 heterocycles. The molecule has 9 heteroatoms. The molecule has 1 atom stereocenters. The maximum absolute atomic E-state index is 13.9. The number of rotatable bonds is 6. The van der Waals surface area contributed by atoms with Gasteiger partial charge >= 0.3 is 6.18 Å². The van der Waals surface area contributed by atoms with Gasteiger partial charge in [0.2, 0.25) is 13.6 Å². The van der Waals surface area contributed by atoms with Gasteiger partial charge in [-0.05, 0) is 80.0 Å². The average molecular weight is 541 g/mol. The minimum Gasteiger partial charge on any atom is -0.490 e. The highest BCUT2D eigenvalue weighted by molar-refractivity contribution is 14.1. The second kappa shape index (κ2) is 8.43. The molecule has 1 N–H and O–H groups in total. The molecule has 1 unspecified atom stereocenters. The first-order valence-electron chi connectivity index (χ1n) is 8.74. The summed E-state index contributed by atoms with van der Waals surface area (Å²) in [6, 6.07) is 8.31. The lowest BCUT2D eigenvalue weighted by Crippen LogP contribution is -2.57. The number of nitrogens with one attached hydrogen (secondary N) is 1. The van der Waals surface area contributed by atoms with Gasteiger partial charge in [-0.3, -0.25) is 0 Å². The van der Waals surface area contributed by atoms with Crippen molar-refractivity contribution in [2.75, 3.05) is 6.61 Å². The number of ether oxygens (including phenoxy) is 1. The first kappa shape index (κ1) is 23.9. The molecule has 2 aromatic rings. The van der Waals surface area contributed by atoms with Crippen LogP contribution in [-0.4, -0.2) is 24.7 Å². The molecule has 0 aromatic heterocycles. The number of halogens is 4. The van der Waals surface area contributed by atoms with Crippen LogP contribution >= 0.6 is 22.6 Å². The third kappa shape index (κ3) is 5.43. The van der Waals surface area contributed by atoms with Gasteiger partial charge in [0, 0.05) is 0 Å². The van der Waals surface area contributed by atoms with Gasteiger partial charge in [0.1, 0.15) is 12.4 Å². The van der Waals surface area contributed by atoms with Gasteiger partial charge in [0.05, 0.1) is 4.90 Å². The number of aryl methyl sites for hydroxylation is 5. The normalized spacial score (nSPS) is 14.5. The van der Waals surface area contributed by atoms with Crippen LogP contribution in [0.1, 0.15) is 27.8 Å². The average Bonchev–Trinajstić information content (AvgIpc) is 2.51. The SMILES string of the molecule is Cc1ccc(OCC(I)(NS(=O)(=O)c2c(C)cc(C)cc2C)C(F)(F)F)c(C)c1. The molecule has 29 heavy (non-hydrogen) atoms. The fourth-order valence-electron chi connectivity index (χ4n) is 3.16. The Hall–Kier alpha value is -1.33. The molecule has 2 rings (SSSR count). The first-order chi connectivity index (χ1) is 13.2. The van der Waals surface area contributed by atoms with E-state index in [-0.39, 0.29) is 10.6 Å². The molecular formula is C20H23F3INO3S. The van der Waals surface area contributed by atoms with Gasteiger partial charge < -0.3 is 4.74 Å². The summed E-state index contributed by atoms with van der Waals surface area (Å²) in [6.45, 7) is 7.57. The summed E-state index contributed by atoms with van der Waals surface area (Å²) in [6.07, 6.45) is -4.88. The quantitative estimate of drug-likeness (QED) is 0.308. The van der Waals surface area contributed by atoms with E-state index in [2.05, 4.69) is 0 Å². The van der Waals surface area contributed by atoms with Crippen molar-refractivity contribution < 1.29 is 26.3 Å². The molecule has 0 aliphatic rings. The van der Waals surface area contributed by atoms with Gasteiger partial charge in [0.15, 0.2) is 0 Å². The minimum atomic E-state index is -4.88. The summed E-state index contributed by atoms with van der Waals surface area (Å²) in [7, 11) is -4.46. The van der Waals surface area contributed by atoms with Crippen molar-refractivity contribution in [3.63, 3.8) is 0 Å². The second-order valence-electron chi connectivity index (χ2n) is 7.19. The Bertz CT molecular complexity index is 999. The van der Waals surface area contributed by atoms with E-state index in [1.807, 2.05) is 11.6 Å². The zero-order valence-electron chi connectivity index (χ0n) is 16.7. The molecule has 0 saturated heterocycles. The minimum absolute atomic E-state index is 0.153. The van der Waals surface area contributed by atoms with Crippen LogP contribution in [0.5, 0.6) is 5.75 Å². The fourth-order valence-corrected chi connectivity index (χ4v) is 5.86. The molecule has 4 nitrogen and oxygen atoms in total. The Balaban J connectivity index is 2.40. The zero-order chi connectivity index (χ0) is 22.2. The smallest absolute Gasteiger partial charge is 0.420 e. The van der Waals surface area contributed by atoms with Crippen LogP contribution in [0.3, 0.4) is 0 Å². The Morgan fingerprint density at radius 2 is 1.45 bits per heavy atom. The largest absolute Gasteiger partial charge is 0.490 e. The van der Waals surface area contributed by atoms with Crippen LogP contribution in [0.15, 0.2) is 35.2 Å². The Kier molecular flexibility index (Phi) is 6.96. The second-order valence-corrected chi connectivity index (χ2v) is 10.7. The lowest BCUT2D eigenvalue weighted by Gasteiger charge is -2.31. The Morgan fingerprint density at radius 1 is 0.931 bits per heavy atom. The van der Waals surface area contributed by atoms with Crippen LogP contribution in [-0.2, 0) is 10.0 Å². The van der Waals surface area contributed by atoms with Crippen molar-refractivity contribution in [1.82, 2.24) is 4.72 Å². The number of hydrogen-bond acceptors (Lipinski definition) is 3. The molecule has 2 aromatic carbocycles. The van der Waals surface area contributed by atoms with E-state index >= 15 is 0 Å². The van der Waals surface area contributed by atoms with E-state index in [9.17, 15) is 21.6 Å². The van der Waals surface area contributed by atoms with E-state index in [0.29, 0.717) is 16.7 Å². The molecule has 0 fully saturated rings. The van der Waals surface area contributed by atoms with Crippen LogP contribution in [0.25, 0.3) is 0 Å². The predicted octanol–water partition coefficient (Wildman–Crippen LogP) is 5.28. The number of alkyl halides is 4. The van der Waals surface area contributed by atoms with Gasteiger partial charge in [-0.15, -0.1) is 0 Å². The third-order valence-electron chi connectivity index (χ3n) is 4.38. The molecule has 0 bridgehead atoms. The lowest BCUT2D eigenvalue weighted by atomic mass is 10.1. The summed E-state index contributed by atoms with van der Waals surface area (Å²) >= 11 is 1.07. The third-order valence-corrected chi connectivity index (χ3v) is 7.73. The van der Waals surface area contributed by atoms with Crippen molar-refractivity contribution in [3.8, 4) is 5.75 Å². The fraction of sp³-hybridized carbons (Fsp3) is 0.400. The number of benzene rings is 2. The van der Waals surface area contributed by atoms with E-state index in [1.165, 1.54) is 0 Å². The zero-order valence-corrected chi connectivity index (χ0v) is 19.7. The summed E-state index contributed by atoms with van der Waals surface area (Å²) in [4.78, 5) is -0.153. The van der Waals surface area contributed by atoms with Crippen LogP contribution in [0.4, 0.5) is 13.2 Å². The van der Waals surface area contributed by atoms with Crippen LogP contribution < -0.4 is 9.46 Å². The van der Waals surface area contributed by atoms with E-state index in [4.69, 9.17) is 4.74 Å². The number of sulfonamides is 1. The molecule has 0 aliphatic heterocycles. The Labute approximate surface area is 183 Å². The molecule has 0 aliphatic carbocycles. The molecule has 0 spiro atoms.